The summed E-state index contributed by atoms with van der Waals surface area (Å²) in [4.78, 5) is 0. The average Bonchev–Trinajstić information content (AvgIpc) is 1.94. The topological polar surface area (TPSA) is 9.23 Å². The Balaban J connectivity index is 3.29. The molecule has 0 amide bonds. The van der Waals surface area contributed by atoms with Crippen LogP contribution >= 0.6 is 0 Å². The predicted octanol–water partition coefficient (Wildman–Crippen LogP) is 0.481. The van der Waals surface area contributed by atoms with E-state index in [4.69, 9.17) is 4.74 Å². The summed E-state index contributed by atoms with van der Waals surface area (Å²) in [7, 11) is 1.63. The molecular weight excluding hydrogens is 124 g/mol. The summed E-state index contributed by atoms with van der Waals surface area (Å²) < 4.78 is 4.84. The molecule has 1 heteroatoms. The van der Waals surface area contributed by atoms with Crippen molar-refractivity contribution in [2.45, 2.75) is 0 Å². The molecule has 0 bridgehead atoms. The van der Waals surface area contributed by atoms with Crippen LogP contribution in [0.4, 0.5) is 0 Å². The molecule has 52 valence electrons. The highest BCUT2D eigenvalue weighted by Crippen LogP contribution is 1.70. The van der Waals surface area contributed by atoms with E-state index in [2.05, 4.69) is 6.58 Å². The maximum Gasteiger partial charge on any atom is 0.0902 e. The van der Waals surface area contributed by atoms with Gasteiger partial charge in [-0.2, -0.15) is 0 Å². The van der Waals surface area contributed by atoms with Crippen LogP contribution in [0.2, 0.25) is 0 Å². The SMILES string of the molecule is C=c1cccc/c1=C\OC. The second-order valence-corrected chi connectivity index (χ2v) is 2.05. The van der Waals surface area contributed by atoms with Crippen LogP contribution in [-0.2, 0) is 4.74 Å². The Morgan fingerprint density at radius 2 is 2.10 bits per heavy atom. The van der Waals surface area contributed by atoms with Gasteiger partial charge < -0.3 is 4.74 Å². The molecular formula is C9H10O. The fraction of sp³-hybridized carbons (Fsp3) is 0.111. The van der Waals surface area contributed by atoms with E-state index in [0.717, 1.165) is 10.4 Å². The van der Waals surface area contributed by atoms with Crippen LogP contribution in [0.5, 0.6) is 0 Å². The van der Waals surface area contributed by atoms with E-state index in [-0.39, 0.29) is 0 Å². The van der Waals surface area contributed by atoms with E-state index in [0.29, 0.717) is 0 Å². The molecule has 1 aromatic carbocycles. The lowest BCUT2D eigenvalue weighted by atomic mass is 10.3. The highest BCUT2D eigenvalue weighted by atomic mass is 16.5. The first-order chi connectivity index (χ1) is 4.84. The fourth-order valence-electron chi connectivity index (χ4n) is 0.776. The Kier molecular flexibility index (Phi) is 2.11. The molecule has 0 fully saturated rings. The molecule has 1 rings (SSSR count). The van der Waals surface area contributed by atoms with Gasteiger partial charge in [0.15, 0.2) is 0 Å². The van der Waals surface area contributed by atoms with Gasteiger partial charge in [0.25, 0.3) is 0 Å². The number of hydrogen-bond donors (Lipinski definition) is 0. The van der Waals surface area contributed by atoms with Crippen LogP contribution in [0.1, 0.15) is 0 Å². The van der Waals surface area contributed by atoms with Crippen LogP contribution in [0, 0.1) is 0 Å². The number of benzene rings is 1. The van der Waals surface area contributed by atoms with E-state index in [1.807, 2.05) is 24.3 Å². The highest BCUT2D eigenvalue weighted by Gasteiger charge is 1.77. The van der Waals surface area contributed by atoms with Crippen LogP contribution in [0.25, 0.3) is 12.8 Å². The van der Waals surface area contributed by atoms with Gasteiger partial charge in [0.05, 0.1) is 13.4 Å². The molecule has 1 aromatic rings. The minimum absolute atomic E-state index is 0.990. The van der Waals surface area contributed by atoms with Gasteiger partial charge in [-0.15, -0.1) is 0 Å². The number of methoxy groups -OCH3 is 1. The van der Waals surface area contributed by atoms with Gasteiger partial charge in [-0.1, -0.05) is 30.8 Å². The van der Waals surface area contributed by atoms with Crippen molar-refractivity contribution in [2.75, 3.05) is 7.11 Å². The number of hydrogen-bond acceptors (Lipinski definition) is 1. The van der Waals surface area contributed by atoms with Crippen molar-refractivity contribution >= 4 is 12.8 Å². The zero-order valence-corrected chi connectivity index (χ0v) is 6.00. The number of ether oxygens (including phenoxy) is 1. The molecule has 0 radical (unpaired) electrons. The molecule has 0 saturated carbocycles. The molecule has 0 heterocycles. The standard InChI is InChI=1S/C9H10O/c1-8-5-3-4-6-9(8)7-10-2/h3-7H,1H2,2H3/b9-7+. The van der Waals surface area contributed by atoms with Gasteiger partial charge in [0.2, 0.25) is 0 Å². The van der Waals surface area contributed by atoms with Crippen molar-refractivity contribution in [1.29, 1.82) is 0 Å². The van der Waals surface area contributed by atoms with Crippen molar-refractivity contribution < 1.29 is 4.74 Å². The minimum Gasteiger partial charge on any atom is -0.504 e. The maximum absolute atomic E-state index is 4.84. The van der Waals surface area contributed by atoms with Crippen LogP contribution in [0.3, 0.4) is 0 Å². The van der Waals surface area contributed by atoms with Crippen LogP contribution in [-0.4, -0.2) is 7.11 Å². The summed E-state index contributed by atoms with van der Waals surface area (Å²) in [6, 6.07) is 7.82. The molecule has 10 heavy (non-hydrogen) atoms. The minimum atomic E-state index is 0.990. The largest absolute Gasteiger partial charge is 0.504 e. The Hall–Kier alpha value is -1.24. The second kappa shape index (κ2) is 3.06. The molecule has 0 aliphatic heterocycles. The first kappa shape index (κ1) is 6.87. The van der Waals surface area contributed by atoms with Crippen LogP contribution < -0.4 is 10.4 Å². The van der Waals surface area contributed by atoms with Crippen molar-refractivity contribution in [3.63, 3.8) is 0 Å². The van der Waals surface area contributed by atoms with E-state index < -0.39 is 0 Å². The molecule has 0 unspecified atom stereocenters. The summed E-state index contributed by atoms with van der Waals surface area (Å²) in [5.74, 6) is 0. The third-order valence-electron chi connectivity index (χ3n) is 1.30. The van der Waals surface area contributed by atoms with Gasteiger partial charge in [0.1, 0.15) is 0 Å². The lowest BCUT2D eigenvalue weighted by Crippen LogP contribution is -2.21. The van der Waals surface area contributed by atoms with Crippen molar-refractivity contribution in [3.8, 4) is 0 Å². The Morgan fingerprint density at radius 3 is 2.70 bits per heavy atom. The molecule has 0 N–H and O–H groups in total. The molecule has 1 nitrogen and oxygen atoms in total. The molecule has 0 spiro atoms. The van der Waals surface area contributed by atoms with Gasteiger partial charge in [0, 0.05) is 5.22 Å². The molecule has 0 atom stereocenters. The van der Waals surface area contributed by atoms with Crippen LogP contribution in [0.15, 0.2) is 24.3 Å². The smallest absolute Gasteiger partial charge is 0.0902 e. The van der Waals surface area contributed by atoms with Crippen molar-refractivity contribution in [1.82, 2.24) is 0 Å². The Labute approximate surface area is 60.3 Å². The summed E-state index contributed by atoms with van der Waals surface area (Å²) >= 11 is 0. The zero-order chi connectivity index (χ0) is 7.40. The molecule has 0 saturated heterocycles. The van der Waals surface area contributed by atoms with E-state index in [9.17, 15) is 0 Å². The van der Waals surface area contributed by atoms with Gasteiger partial charge in [-0.25, -0.2) is 0 Å². The molecule has 0 aliphatic rings. The van der Waals surface area contributed by atoms with E-state index in [1.54, 1.807) is 13.4 Å². The van der Waals surface area contributed by atoms with Gasteiger partial charge >= 0.3 is 0 Å². The Bertz CT molecular complexity index is 301. The third-order valence-corrected chi connectivity index (χ3v) is 1.30. The highest BCUT2D eigenvalue weighted by molar-refractivity contribution is 5.20. The molecule has 0 aromatic heterocycles. The van der Waals surface area contributed by atoms with E-state index in [1.165, 1.54) is 0 Å². The quantitative estimate of drug-likeness (QED) is 0.543. The summed E-state index contributed by atoms with van der Waals surface area (Å²) in [6.45, 7) is 3.83. The second-order valence-electron chi connectivity index (χ2n) is 2.05. The third kappa shape index (κ3) is 1.38. The maximum atomic E-state index is 4.84. The predicted molar refractivity (Wildman–Crippen MR) is 42.7 cm³/mol. The first-order valence-electron chi connectivity index (χ1n) is 3.11. The summed E-state index contributed by atoms with van der Waals surface area (Å²) in [5, 5.41) is 2.02. The lowest BCUT2D eigenvalue weighted by Gasteiger charge is -1.87. The summed E-state index contributed by atoms with van der Waals surface area (Å²) in [5.41, 5.74) is 0. The average molecular weight is 134 g/mol. The van der Waals surface area contributed by atoms with Crippen molar-refractivity contribution in [2.24, 2.45) is 0 Å². The number of rotatable bonds is 1. The summed E-state index contributed by atoms with van der Waals surface area (Å²) in [6.07, 6.45) is 1.68. The van der Waals surface area contributed by atoms with Gasteiger partial charge in [-0.3, -0.25) is 0 Å². The zero-order valence-electron chi connectivity index (χ0n) is 6.00. The molecule has 0 aliphatic carbocycles. The fourth-order valence-corrected chi connectivity index (χ4v) is 0.776. The van der Waals surface area contributed by atoms with E-state index >= 15 is 0 Å². The Morgan fingerprint density at radius 1 is 1.40 bits per heavy atom. The first-order valence-corrected chi connectivity index (χ1v) is 3.11. The van der Waals surface area contributed by atoms with Gasteiger partial charge in [-0.05, 0) is 5.22 Å². The van der Waals surface area contributed by atoms with Crippen molar-refractivity contribution in [3.05, 3.63) is 34.7 Å². The monoisotopic (exact) mass is 134 g/mol. The lowest BCUT2D eigenvalue weighted by molar-refractivity contribution is 0.391. The normalized spacial score (nSPS) is 11.5.